The average molecular weight is 437 g/mol. The van der Waals surface area contributed by atoms with Gasteiger partial charge in [0, 0.05) is 17.3 Å². The number of benzene rings is 3. The molecular weight excluding hydrogens is 418 g/mol. The normalized spacial score (nSPS) is 13.8. The van der Waals surface area contributed by atoms with Crippen molar-refractivity contribution in [3.63, 3.8) is 0 Å². The fourth-order valence-electron chi connectivity index (χ4n) is 4.12. The first kappa shape index (κ1) is 20.5. The lowest BCUT2D eigenvalue weighted by Crippen LogP contribution is -2.16. The molecule has 0 radical (unpaired) electrons. The molecule has 6 nitrogen and oxygen atoms in total. The molecule has 1 aliphatic carbocycles. The molecule has 3 aromatic carbocycles. The molecule has 1 amide bonds. The SMILES string of the molecule is O=C(O)c1ccccc1C(=O)Nc1ccc2c(=O)c3c(oc2c1)C(=Cc1ccccc1)CC3. The molecule has 0 aliphatic heterocycles. The number of rotatable bonds is 4. The highest BCUT2D eigenvalue weighted by Gasteiger charge is 2.24. The van der Waals surface area contributed by atoms with Crippen molar-refractivity contribution in [1.29, 1.82) is 0 Å². The Morgan fingerprint density at radius 1 is 0.909 bits per heavy atom. The summed E-state index contributed by atoms with van der Waals surface area (Å²) in [6, 6.07) is 20.7. The van der Waals surface area contributed by atoms with E-state index >= 15 is 0 Å². The van der Waals surface area contributed by atoms with Gasteiger partial charge in [-0.15, -0.1) is 0 Å². The van der Waals surface area contributed by atoms with Crippen LogP contribution in [0.25, 0.3) is 22.6 Å². The minimum Gasteiger partial charge on any atom is -0.478 e. The number of fused-ring (bicyclic) bond motifs is 2. The van der Waals surface area contributed by atoms with Gasteiger partial charge in [0.25, 0.3) is 5.91 Å². The third-order valence-electron chi connectivity index (χ3n) is 5.72. The van der Waals surface area contributed by atoms with E-state index in [1.165, 1.54) is 12.1 Å². The van der Waals surface area contributed by atoms with Crippen molar-refractivity contribution in [3.05, 3.63) is 111 Å². The fraction of sp³-hybridized carbons (Fsp3) is 0.0741. The monoisotopic (exact) mass is 437 g/mol. The number of allylic oxidation sites excluding steroid dienone is 1. The maximum Gasteiger partial charge on any atom is 0.336 e. The second-order valence-electron chi connectivity index (χ2n) is 7.83. The molecule has 0 atom stereocenters. The van der Waals surface area contributed by atoms with Crippen molar-refractivity contribution in [2.24, 2.45) is 0 Å². The van der Waals surface area contributed by atoms with Gasteiger partial charge in [-0.25, -0.2) is 4.79 Å². The third-order valence-corrected chi connectivity index (χ3v) is 5.72. The van der Waals surface area contributed by atoms with Crippen molar-refractivity contribution >= 4 is 40.2 Å². The summed E-state index contributed by atoms with van der Waals surface area (Å²) in [5, 5.41) is 12.5. The minimum absolute atomic E-state index is 0.0496. The van der Waals surface area contributed by atoms with Crippen molar-refractivity contribution in [2.75, 3.05) is 5.32 Å². The second-order valence-corrected chi connectivity index (χ2v) is 7.83. The van der Waals surface area contributed by atoms with Crippen LogP contribution in [0.3, 0.4) is 0 Å². The molecule has 162 valence electrons. The summed E-state index contributed by atoms with van der Waals surface area (Å²) < 4.78 is 6.15. The number of anilines is 1. The standard InChI is InChI=1S/C27H19NO5/c29-24-21-13-11-18(28-26(30)19-8-4-5-9-20(19)27(31)32)15-23(21)33-25-17(10-12-22(24)25)14-16-6-2-1-3-7-16/h1-9,11,13-15H,10,12H2,(H,28,30)(H,31,32). The maximum atomic E-state index is 13.1. The molecule has 1 aromatic heterocycles. The predicted molar refractivity (Wildman–Crippen MR) is 126 cm³/mol. The van der Waals surface area contributed by atoms with Crippen LogP contribution in [0.15, 0.2) is 82.0 Å². The summed E-state index contributed by atoms with van der Waals surface area (Å²) in [6.07, 6.45) is 3.36. The number of nitrogens with one attached hydrogen (secondary N) is 1. The molecule has 5 rings (SSSR count). The Kier molecular flexibility index (Phi) is 5.11. The fourth-order valence-corrected chi connectivity index (χ4v) is 4.12. The molecule has 0 bridgehead atoms. The highest BCUT2D eigenvalue weighted by Crippen LogP contribution is 2.34. The Bertz CT molecular complexity index is 1500. The highest BCUT2D eigenvalue weighted by atomic mass is 16.4. The molecule has 2 N–H and O–H groups in total. The number of carbonyl (C=O) groups is 2. The number of hydrogen-bond acceptors (Lipinski definition) is 4. The summed E-state index contributed by atoms with van der Waals surface area (Å²) in [7, 11) is 0. The Hall–Kier alpha value is -4.45. The van der Waals surface area contributed by atoms with Gasteiger partial charge < -0.3 is 14.8 Å². The van der Waals surface area contributed by atoms with Gasteiger partial charge in [-0.2, -0.15) is 0 Å². The predicted octanol–water partition coefficient (Wildman–Crippen LogP) is 5.23. The number of carbonyl (C=O) groups excluding carboxylic acids is 1. The Morgan fingerprint density at radius 3 is 2.39 bits per heavy atom. The molecule has 6 heteroatoms. The summed E-state index contributed by atoms with van der Waals surface area (Å²) in [6.45, 7) is 0. The van der Waals surface area contributed by atoms with Crippen LogP contribution in [-0.2, 0) is 6.42 Å². The number of aromatic carboxylic acids is 1. The van der Waals surface area contributed by atoms with Crippen LogP contribution in [-0.4, -0.2) is 17.0 Å². The summed E-state index contributed by atoms with van der Waals surface area (Å²) in [5.41, 5.74) is 3.31. The largest absolute Gasteiger partial charge is 0.478 e. The van der Waals surface area contributed by atoms with Gasteiger partial charge in [-0.3, -0.25) is 9.59 Å². The Morgan fingerprint density at radius 2 is 1.64 bits per heavy atom. The summed E-state index contributed by atoms with van der Waals surface area (Å²) in [4.78, 5) is 37.2. The first-order chi connectivity index (χ1) is 16.0. The van der Waals surface area contributed by atoms with Crippen LogP contribution in [0.1, 0.15) is 44.0 Å². The van der Waals surface area contributed by atoms with Gasteiger partial charge in [-0.1, -0.05) is 42.5 Å². The van der Waals surface area contributed by atoms with Crippen molar-refractivity contribution in [2.45, 2.75) is 12.8 Å². The van der Waals surface area contributed by atoms with E-state index in [0.717, 1.165) is 17.6 Å². The number of carboxylic acids is 1. The first-order valence-corrected chi connectivity index (χ1v) is 10.5. The van der Waals surface area contributed by atoms with Crippen LogP contribution in [0.2, 0.25) is 0 Å². The summed E-state index contributed by atoms with van der Waals surface area (Å²) in [5.74, 6) is -1.16. The van der Waals surface area contributed by atoms with Gasteiger partial charge in [-0.05, 0) is 54.3 Å². The zero-order valence-electron chi connectivity index (χ0n) is 17.5. The van der Waals surface area contributed by atoms with Crippen LogP contribution in [0.5, 0.6) is 0 Å². The molecular formula is C27H19NO5. The van der Waals surface area contributed by atoms with E-state index in [4.69, 9.17) is 4.42 Å². The van der Waals surface area contributed by atoms with Crippen LogP contribution in [0.4, 0.5) is 5.69 Å². The highest BCUT2D eigenvalue weighted by molar-refractivity contribution is 6.11. The molecule has 4 aromatic rings. The molecule has 0 saturated carbocycles. The molecule has 0 fully saturated rings. The quantitative estimate of drug-likeness (QED) is 0.456. The molecule has 1 heterocycles. The number of hydrogen-bond donors (Lipinski definition) is 2. The van der Waals surface area contributed by atoms with Crippen LogP contribution < -0.4 is 10.7 Å². The van der Waals surface area contributed by atoms with Gasteiger partial charge in [0.15, 0.2) is 5.43 Å². The zero-order chi connectivity index (χ0) is 22.9. The van der Waals surface area contributed by atoms with Crippen LogP contribution >= 0.6 is 0 Å². The second kappa shape index (κ2) is 8.24. The summed E-state index contributed by atoms with van der Waals surface area (Å²) >= 11 is 0. The molecule has 0 unspecified atom stereocenters. The maximum absolute atomic E-state index is 13.1. The lowest BCUT2D eigenvalue weighted by atomic mass is 10.1. The Balaban J connectivity index is 1.52. The van der Waals surface area contributed by atoms with E-state index in [1.54, 1.807) is 30.3 Å². The molecule has 0 saturated heterocycles. The van der Waals surface area contributed by atoms with Crippen molar-refractivity contribution < 1.29 is 19.1 Å². The minimum atomic E-state index is -1.18. The lowest BCUT2D eigenvalue weighted by molar-refractivity contribution is 0.0692. The van der Waals surface area contributed by atoms with E-state index in [-0.39, 0.29) is 16.6 Å². The first-order valence-electron chi connectivity index (χ1n) is 10.5. The molecule has 1 aliphatic rings. The van der Waals surface area contributed by atoms with Gasteiger partial charge in [0.05, 0.1) is 16.5 Å². The van der Waals surface area contributed by atoms with Crippen molar-refractivity contribution in [1.82, 2.24) is 0 Å². The molecule has 33 heavy (non-hydrogen) atoms. The third kappa shape index (κ3) is 3.83. The smallest absolute Gasteiger partial charge is 0.336 e. The van der Waals surface area contributed by atoms with E-state index in [2.05, 4.69) is 5.32 Å². The average Bonchev–Trinajstić information content (AvgIpc) is 3.22. The topological polar surface area (TPSA) is 96.6 Å². The zero-order valence-corrected chi connectivity index (χ0v) is 17.5. The Labute approximate surface area is 188 Å². The van der Waals surface area contributed by atoms with E-state index in [1.807, 2.05) is 36.4 Å². The van der Waals surface area contributed by atoms with E-state index in [9.17, 15) is 19.5 Å². The lowest BCUT2D eigenvalue weighted by Gasteiger charge is -2.09. The van der Waals surface area contributed by atoms with E-state index in [0.29, 0.717) is 34.4 Å². The van der Waals surface area contributed by atoms with E-state index < -0.39 is 11.9 Å². The van der Waals surface area contributed by atoms with Gasteiger partial charge >= 0.3 is 5.97 Å². The number of carboxylic acid groups (broad SMARTS) is 1. The van der Waals surface area contributed by atoms with Crippen molar-refractivity contribution in [3.8, 4) is 0 Å². The van der Waals surface area contributed by atoms with Gasteiger partial charge in [0.1, 0.15) is 11.3 Å². The van der Waals surface area contributed by atoms with Gasteiger partial charge in [0.2, 0.25) is 0 Å². The van der Waals surface area contributed by atoms with Crippen LogP contribution in [0, 0.1) is 0 Å². The number of amides is 1. The molecule has 0 spiro atoms.